The van der Waals surface area contributed by atoms with E-state index in [2.05, 4.69) is 13.8 Å². The molecule has 3 aromatic rings. The van der Waals surface area contributed by atoms with Crippen LogP contribution in [0, 0.1) is 5.92 Å². The largest absolute Gasteiger partial charge is 0.300 e. The van der Waals surface area contributed by atoms with Gasteiger partial charge in [-0.15, -0.1) is 0 Å². The lowest BCUT2D eigenvalue weighted by Gasteiger charge is -2.25. The second kappa shape index (κ2) is 7.96. The smallest absolute Gasteiger partial charge is 0.260 e. The molecule has 0 N–H and O–H groups in total. The number of carbonyl (C=O) groups excluding carboxylic acids is 2. The molecule has 0 saturated heterocycles. The molecule has 0 aliphatic carbocycles. The van der Waals surface area contributed by atoms with Gasteiger partial charge in [0.1, 0.15) is 11.6 Å². The van der Waals surface area contributed by atoms with Gasteiger partial charge in [-0.05, 0) is 41.8 Å². The number of aromatic nitrogens is 1. The summed E-state index contributed by atoms with van der Waals surface area (Å²) in [6.45, 7) is 4.17. The molecule has 0 saturated carbocycles. The number of carbonyl (C=O) groups is 2. The highest BCUT2D eigenvalue weighted by Crippen LogP contribution is 2.39. The maximum Gasteiger partial charge on any atom is 0.260 e. The molecule has 0 fully saturated rings. The molecule has 2 heterocycles. The Hall–Kier alpha value is -2.72. The average molecular weight is 407 g/mol. The average Bonchev–Trinajstić information content (AvgIpc) is 2.99. The number of fused-ring (bicyclic) bond motifs is 2. The van der Waals surface area contributed by atoms with E-state index >= 15 is 0 Å². The summed E-state index contributed by atoms with van der Waals surface area (Å²) in [5, 5.41) is 1.55. The molecule has 148 valence electrons. The number of rotatable bonds is 6. The molecule has 2 unspecified atom stereocenters. The summed E-state index contributed by atoms with van der Waals surface area (Å²) in [6, 6.07) is 16.5. The first-order valence-corrected chi connectivity index (χ1v) is 10.4. The van der Waals surface area contributed by atoms with E-state index < -0.39 is 0 Å². The van der Waals surface area contributed by atoms with Crippen molar-refractivity contribution in [3.63, 3.8) is 0 Å². The van der Waals surface area contributed by atoms with Crippen molar-refractivity contribution in [2.24, 2.45) is 5.92 Å². The van der Waals surface area contributed by atoms with E-state index in [1.165, 1.54) is 0 Å². The Kier molecular flexibility index (Phi) is 5.37. The van der Waals surface area contributed by atoms with Crippen LogP contribution >= 0.6 is 11.6 Å². The Balaban J connectivity index is 1.74. The van der Waals surface area contributed by atoms with E-state index in [-0.39, 0.29) is 17.7 Å². The molecule has 1 aliphatic heterocycles. The zero-order chi connectivity index (χ0) is 20.5. The zero-order valence-corrected chi connectivity index (χ0v) is 17.3. The minimum Gasteiger partial charge on any atom is -0.300 e. The van der Waals surface area contributed by atoms with Gasteiger partial charge < -0.3 is 0 Å². The molecule has 2 aromatic carbocycles. The van der Waals surface area contributed by atoms with Crippen LogP contribution in [0.5, 0.6) is 0 Å². The van der Waals surface area contributed by atoms with Gasteiger partial charge in [0.05, 0.1) is 11.6 Å². The molecular formula is C24H23ClN2O2. The lowest BCUT2D eigenvalue weighted by atomic mass is 9.95. The molecular weight excluding hydrogens is 384 g/mol. The topological polar surface area (TPSA) is 50.3 Å². The van der Waals surface area contributed by atoms with Crippen molar-refractivity contribution in [3.05, 3.63) is 70.7 Å². The van der Waals surface area contributed by atoms with E-state index in [9.17, 15) is 9.59 Å². The van der Waals surface area contributed by atoms with Crippen LogP contribution in [0.25, 0.3) is 10.9 Å². The third-order valence-electron chi connectivity index (χ3n) is 5.66. The van der Waals surface area contributed by atoms with Gasteiger partial charge in [0.25, 0.3) is 5.91 Å². The molecule has 4 rings (SSSR count). The third-order valence-corrected chi connectivity index (χ3v) is 5.90. The van der Waals surface area contributed by atoms with Gasteiger partial charge in [-0.1, -0.05) is 56.1 Å². The number of hydrogen-bond donors (Lipinski definition) is 0. The van der Waals surface area contributed by atoms with Crippen LogP contribution in [0.1, 0.15) is 55.1 Å². The maximum absolute atomic E-state index is 13.2. The maximum atomic E-state index is 13.2. The second-order valence-electron chi connectivity index (χ2n) is 7.75. The summed E-state index contributed by atoms with van der Waals surface area (Å²) >= 11 is 6.13. The standard InChI is InChI=1S/C24H23ClN2O2/c1-3-15(2)12-18(28)14-22-19-6-4-5-7-20(19)24(29)27(22)23-11-9-16-8-10-17(25)13-21(16)26-23/h4-11,13,15,22H,3,12,14H2,1-2H3. The van der Waals surface area contributed by atoms with Gasteiger partial charge in [0.15, 0.2) is 0 Å². The molecule has 4 nitrogen and oxygen atoms in total. The number of benzene rings is 2. The molecule has 1 amide bonds. The van der Waals surface area contributed by atoms with Gasteiger partial charge in [-0.25, -0.2) is 4.98 Å². The Morgan fingerprint density at radius 1 is 1.17 bits per heavy atom. The third kappa shape index (κ3) is 3.77. The molecule has 1 aromatic heterocycles. The van der Waals surface area contributed by atoms with E-state index in [0.717, 1.165) is 22.9 Å². The number of nitrogens with zero attached hydrogens (tertiary/aromatic N) is 2. The van der Waals surface area contributed by atoms with Crippen LogP contribution in [0.15, 0.2) is 54.6 Å². The minimum atomic E-state index is -0.334. The molecule has 0 spiro atoms. The lowest BCUT2D eigenvalue weighted by molar-refractivity contribution is -0.120. The Labute approximate surface area is 175 Å². The van der Waals surface area contributed by atoms with E-state index in [1.54, 1.807) is 11.0 Å². The summed E-state index contributed by atoms with van der Waals surface area (Å²) in [4.78, 5) is 32.3. The fourth-order valence-corrected chi connectivity index (χ4v) is 4.07. The van der Waals surface area contributed by atoms with Crippen LogP contribution in [0.2, 0.25) is 5.02 Å². The van der Waals surface area contributed by atoms with Crippen molar-refractivity contribution < 1.29 is 9.59 Å². The summed E-state index contributed by atoms with van der Waals surface area (Å²) in [5.74, 6) is 0.935. The summed E-state index contributed by atoms with van der Waals surface area (Å²) in [7, 11) is 0. The first-order chi connectivity index (χ1) is 14.0. The van der Waals surface area contributed by atoms with Crippen molar-refractivity contribution in [2.45, 2.75) is 39.2 Å². The minimum absolute atomic E-state index is 0.115. The number of anilines is 1. The van der Waals surface area contributed by atoms with Crippen LogP contribution in [0.3, 0.4) is 0 Å². The predicted molar refractivity (Wildman–Crippen MR) is 116 cm³/mol. The van der Waals surface area contributed by atoms with Crippen molar-refractivity contribution in [1.29, 1.82) is 0 Å². The normalized spacial score (nSPS) is 16.9. The number of halogens is 1. The molecule has 29 heavy (non-hydrogen) atoms. The van der Waals surface area contributed by atoms with Gasteiger partial charge in [-0.3, -0.25) is 14.5 Å². The van der Waals surface area contributed by atoms with Crippen molar-refractivity contribution >= 4 is 40.0 Å². The van der Waals surface area contributed by atoms with E-state index in [4.69, 9.17) is 16.6 Å². The van der Waals surface area contributed by atoms with Crippen molar-refractivity contribution in [3.8, 4) is 0 Å². The summed E-state index contributed by atoms with van der Waals surface area (Å²) in [6.07, 6.45) is 1.78. The van der Waals surface area contributed by atoms with Crippen molar-refractivity contribution in [2.75, 3.05) is 4.90 Å². The van der Waals surface area contributed by atoms with Gasteiger partial charge >= 0.3 is 0 Å². The van der Waals surface area contributed by atoms with E-state index in [1.807, 2.05) is 48.5 Å². The monoisotopic (exact) mass is 406 g/mol. The van der Waals surface area contributed by atoms with Crippen molar-refractivity contribution in [1.82, 2.24) is 4.98 Å². The molecule has 0 bridgehead atoms. The second-order valence-corrected chi connectivity index (χ2v) is 8.18. The van der Waals surface area contributed by atoms with E-state index in [0.29, 0.717) is 35.2 Å². The van der Waals surface area contributed by atoms with Gasteiger partial charge in [0, 0.05) is 28.8 Å². The van der Waals surface area contributed by atoms with Crippen LogP contribution in [0.4, 0.5) is 5.82 Å². The van der Waals surface area contributed by atoms with Crippen LogP contribution < -0.4 is 4.90 Å². The first kappa shape index (κ1) is 19.6. The summed E-state index contributed by atoms with van der Waals surface area (Å²) in [5.41, 5.74) is 2.26. The molecule has 1 aliphatic rings. The fraction of sp³-hybridized carbons (Fsp3) is 0.292. The van der Waals surface area contributed by atoms with Crippen LogP contribution in [-0.2, 0) is 4.79 Å². The predicted octanol–water partition coefficient (Wildman–Crippen LogP) is 5.99. The molecule has 0 radical (unpaired) electrons. The number of Topliss-reactive ketones (excluding diaryl/α,β-unsaturated/α-hetero) is 1. The fourth-order valence-electron chi connectivity index (χ4n) is 3.90. The highest BCUT2D eigenvalue weighted by Gasteiger charge is 2.39. The highest BCUT2D eigenvalue weighted by molar-refractivity contribution is 6.31. The highest BCUT2D eigenvalue weighted by atomic mass is 35.5. The SMILES string of the molecule is CCC(C)CC(=O)CC1c2ccccc2C(=O)N1c1ccc2ccc(Cl)cc2n1. The summed E-state index contributed by atoms with van der Waals surface area (Å²) < 4.78 is 0. The van der Waals surface area contributed by atoms with Gasteiger partial charge in [-0.2, -0.15) is 0 Å². The Morgan fingerprint density at radius 2 is 1.93 bits per heavy atom. The lowest BCUT2D eigenvalue weighted by Crippen LogP contribution is -2.30. The van der Waals surface area contributed by atoms with Crippen LogP contribution in [-0.4, -0.2) is 16.7 Å². The first-order valence-electron chi connectivity index (χ1n) is 9.98. The van der Waals surface area contributed by atoms with Gasteiger partial charge in [0.2, 0.25) is 0 Å². The molecule has 5 heteroatoms. The Bertz CT molecular complexity index is 1100. The number of pyridine rings is 1. The molecule has 2 atom stereocenters. The number of ketones is 1. The Morgan fingerprint density at radius 3 is 2.72 bits per heavy atom. The number of hydrogen-bond acceptors (Lipinski definition) is 3. The quantitative estimate of drug-likeness (QED) is 0.505. The zero-order valence-electron chi connectivity index (χ0n) is 16.6. The number of amides is 1.